The van der Waals surface area contributed by atoms with Gasteiger partial charge in [0.15, 0.2) is 0 Å². The molecule has 0 spiro atoms. The first-order valence-corrected chi connectivity index (χ1v) is 14.8. The van der Waals surface area contributed by atoms with Crippen molar-refractivity contribution in [3.05, 3.63) is 59.1 Å². The molecule has 0 saturated carbocycles. The summed E-state index contributed by atoms with van der Waals surface area (Å²) in [5.41, 5.74) is 0.00903. The molecule has 46 heavy (non-hydrogen) atoms. The van der Waals surface area contributed by atoms with Gasteiger partial charge in [0.25, 0.3) is 23.0 Å². The largest absolute Gasteiger partial charge is 0.479 e. The molecule has 0 aliphatic carbocycles. The molecular formula is C30H36N6O10. The Bertz CT molecular complexity index is 1590. The Balaban J connectivity index is 1.35. The number of aliphatic hydroxyl groups is 2. The molecule has 2 aromatic heterocycles. The van der Waals surface area contributed by atoms with Gasteiger partial charge in [0.2, 0.25) is 11.6 Å². The maximum absolute atomic E-state index is 12.8. The highest BCUT2D eigenvalue weighted by atomic mass is 16.8. The maximum atomic E-state index is 12.8. The molecule has 4 heterocycles. The molecule has 16 nitrogen and oxygen atoms in total. The summed E-state index contributed by atoms with van der Waals surface area (Å²) >= 11 is 0. The Morgan fingerprint density at radius 2 is 1.26 bits per heavy atom. The van der Waals surface area contributed by atoms with Crippen molar-refractivity contribution < 1.29 is 47.8 Å². The minimum atomic E-state index is -1.40. The van der Waals surface area contributed by atoms with Crippen LogP contribution in [0.2, 0.25) is 0 Å². The third-order valence-corrected chi connectivity index (χ3v) is 7.06. The Morgan fingerprint density at radius 1 is 0.761 bits per heavy atom. The zero-order valence-corrected chi connectivity index (χ0v) is 26.1. The number of esters is 2. The number of ether oxygens (including phenoxy) is 4. The lowest BCUT2D eigenvalue weighted by atomic mass is 10.0. The zero-order valence-electron chi connectivity index (χ0n) is 26.1. The fourth-order valence-corrected chi connectivity index (χ4v) is 4.28. The van der Waals surface area contributed by atoms with E-state index in [1.165, 1.54) is 12.5 Å². The van der Waals surface area contributed by atoms with Crippen LogP contribution in [-0.4, -0.2) is 44.0 Å². The van der Waals surface area contributed by atoms with Crippen LogP contribution in [-0.2, 0) is 28.5 Å². The monoisotopic (exact) mass is 640 g/mol. The molecule has 1 atom stereocenters. The molecule has 16 heteroatoms. The lowest BCUT2D eigenvalue weighted by Crippen LogP contribution is -2.41. The Hall–Kier alpha value is -5.28. The molecule has 0 aromatic carbocycles. The number of rotatable bonds is 14. The molecule has 0 radical (unpaired) electrons. The molecule has 1 unspecified atom stereocenters. The molecule has 246 valence electrons. The molecule has 0 amide bonds. The lowest BCUT2D eigenvalue weighted by Gasteiger charge is -2.35. The minimum absolute atomic E-state index is 0.0483. The van der Waals surface area contributed by atoms with Gasteiger partial charge >= 0.3 is 23.8 Å². The summed E-state index contributed by atoms with van der Waals surface area (Å²) in [6.45, 7) is 9.28. The number of aromatic nitrogens is 2. The SMILES string of the molecule is CCC1(CC)OC(=O)C(N=Nc2nocc2/C=C\CCCC2(CC)OC(=O)C(N=Nc3nocc3/C=C\C(C)C)=C(O)O2)=C(O)O1. The quantitative estimate of drug-likeness (QED) is 0.116. The van der Waals surface area contributed by atoms with Crippen LogP contribution in [0.5, 0.6) is 0 Å². The predicted molar refractivity (Wildman–Crippen MR) is 159 cm³/mol. The summed E-state index contributed by atoms with van der Waals surface area (Å²) < 4.78 is 31.8. The van der Waals surface area contributed by atoms with Crippen LogP contribution in [0, 0.1) is 5.92 Å². The first-order chi connectivity index (χ1) is 22.0. The van der Waals surface area contributed by atoms with Crippen molar-refractivity contribution in [1.29, 1.82) is 0 Å². The van der Waals surface area contributed by atoms with Gasteiger partial charge in [-0.15, -0.1) is 20.5 Å². The number of hydrogen-bond acceptors (Lipinski definition) is 16. The summed E-state index contributed by atoms with van der Waals surface area (Å²) in [6, 6.07) is 0. The van der Waals surface area contributed by atoms with Gasteiger partial charge in [-0.3, -0.25) is 0 Å². The highest BCUT2D eigenvalue weighted by Crippen LogP contribution is 2.35. The van der Waals surface area contributed by atoms with Crippen LogP contribution in [0.1, 0.15) is 84.3 Å². The average Bonchev–Trinajstić information content (AvgIpc) is 3.68. The van der Waals surface area contributed by atoms with E-state index >= 15 is 0 Å². The molecule has 2 aliphatic rings. The summed E-state index contributed by atoms with van der Waals surface area (Å²) in [5, 5.41) is 43.6. The number of aliphatic hydroxyl groups excluding tert-OH is 2. The third-order valence-electron chi connectivity index (χ3n) is 7.06. The van der Waals surface area contributed by atoms with Crippen molar-refractivity contribution in [2.45, 2.75) is 84.7 Å². The number of nitrogens with zero attached hydrogens (tertiary/aromatic N) is 6. The number of azo groups is 2. The zero-order chi connectivity index (χ0) is 33.3. The molecular weight excluding hydrogens is 604 g/mol. The number of carbonyl (C=O) groups is 2. The van der Waals surface area contributed by atoms with E-state index in [4.69, 9.17) is 28.0 Å². The number of allylic oxidation sites excluding steroid dienone is 2. The van der Waals surface area contributed by atoms with Crippen LogP contribution in [0.4, 0.5) is 11.6 Å². The van der Waals surface area contributed by atoms with E-state index in [2.05, 4.69) is 30.8 Å². The van der Waals surface area contributed by atoms with Gasteiger partial charge in [0.1, 0.15) is 12.5 Å². The smallest absolute Gasteiger partial charge is 0.369 e. The predicted octanol–water partition coefficient (Wildman–Crippen LogP) is 7.61. The van der Waals surface area contributed by atoms with Gasteiger partial charge in [-0.2, -0.15) is 0 Å². The van der Waals surface area contributed by atoms with E-state index in [-0.39, 0.29) is 30.4 Å². The molecule has 0 bridgehead atoms. The van der Waals surface area contributed by atoms with E-state index in [1.54, 1.807) is 39.0 Å². The Labute approximate surface area is 264 Å². The molecule has 0 saturated heterocycles. The molecule has 0 fully saturated rings. The summed E-state index contributed by atoms with van der Waals surface area (Å²) in [4.78, 5) is 25.2. The van der Waals surface area contributed by atoms with Crippen LogP contribution in [0.3, 0.4) is 0 Å². The van der Waals surface area contributed by atoms with Gasteiger partial charge in [-0.1, -0.05) is 69.2 Å². The Morgan fingerprint density at radius 3 is 1.76 bits per heavy atom. The van der Waals surface area contributed by atoms with Crippen LogP contribution < -0.4 is 0 Å². The van der Waals surface area contributed by atoms with Crippen molar-refractivity contribution >= 4 is 35.7 Å². The van der Waals surface area contributed by atoms with Crippen LogP contribution >= 0.6 is 0 Å². The van der Waals surface area contributed by atoms with Crippen LogP contribution in [0.15, 0.2) is 77.5 Å². The van der Waals surface area contributed by atoms with E-state index in [0.717, 1.165) is 0 Å². The van der Waals surface area contributed by atoms with Gasteiger partial charge in [0.05, 0.1) is 11.1 Å². The summed E-state index contributed by atoms with van der Waals surface area (Å²) in [5.74, 6) is -5.36. The van der Waals surface area contributed by atoms with E-state index in [1.807, 2.05) is 19.9 Å². The second-order valence-electron chi connectivity index (χ2n) is 10.7. The Kier molecular flexibility index (Phi) is 10.7. The van der Waals surface area contributed by atoms with Crippen molar-refractivity contribution in [2.24, 2.45) is 26.4 Å². The first-order valence-electron chi connectivity index (χ1n) is 14.8. The van der Waals surface area contributed by atoms with E-state index in [0.29, 0.717) is 36.8 Å². The van der Waals surface area contributed by atoms with Crippen molar-refractivity contribution in [3.63, 3.8) is 0 Å². The number of carbonyl (C=O) groups excluding carboxylic acids is 2. The van der Waals surface area contributed by atoms with Gasteiger partial charge in [-0.25, -0.2) is 9.59 Å². The molecule has 4 rings (SSSR count). The maximum Gasteiger partial charge on any atom is 0.369 e. The highest BCUT2D eigenvalue weighted by Gasteiger charge is 2.43. The number of hydrogen-bond donors (Lipinski definition) is 2. The molecule has 2 aliphatic heterocycles. The fourth-order valence-electron chi connectivity index (χ4n) is 4.28. The first kappa shape index (κ1) is 33.6. The van der Waals surface area contributed by atoms with Gasteiger partial charge < -0.3 is 38.2 Å². The summed E-state index contributed by atoms with van der Waals surface area (Å²) in [7, 11) is 0. The van der Waals surface area contributed by atoms with E-state index < -0.39 is 46.8 Å². The van der Waals surface area contributed by atoms with Crippen molar-refractivity contribution in [3.8, 4) is 0 Å². The van der Waals surface area contributed by atoms with Crippen LogP contribution in [0.25, 0.3) is 12.2 Å². The number of cyclic esters (lactones) is 2. The third kappa shape index (κ3) is 7.86. The van der Waals surface area contributed by atoms with E-state index in [9.17, 15) is 19.8 Å². The second-order valence-corrected chi connectivity index (χ2v) is 10.7. The van der Waals surface area contributed by atoms with Gasteiger partial charge in [0, 0.05) is 25.7 Å². The fraction of sp³-hybridized carbons (Fsp3) is 0.467. The summed E-state index contributed by atoms with van der Waals surface area (Å²) in [6.07, 6.45) is 12.0. The second kappa shape index (κ2) is 14.7. The van der Waals surface area contributed by atoms with Gasteiger partial charge in [-0.05, 0) is 18.8 Å². The van der Waals surface area contributed by atoms with Crippen molar-refractivity contribution in [2.75, 3.05) is 0 Å². The number of unbranched alkanes of at least 4 members (excludes halogenated alkanes) is 1. The molecule has 2 N–H and O–H groups in total. The van der Waals surface area contributed by atoms with Crippen molar-refractivity contribution in [1.82, 2.24) is 10.3 Å². The average molecular weight is 641 g/mol. The minimum Gasteiger partial charge on any atom is -0.479 e. The highest BCUT2D eigenvalue weighted by molar-refractivity contribution is 5.89. The normalized spacial score (nSPS) is 20.4. The lowest BCUT2D eigenvalue weighted by molar-refractivity contribution is -0.243. The molecule has 2 aromatic rings. The topological polar surface area (TPSA) is 213 Å². The standard InChI is InChI=1S/C30H36N6O10/c1-6-29(7-2)43-25(37)21(26(38)44-29)31-33-23-19(16-41-35-23)12-10-9-11-15-30(8-3)45-27(39)22(28(40)46-30)32-34-24-20(17-42-36-24)14-13-18(4)5/h10,12-14,16-18,37,39H,6-9,11,15H2,1-5H3/b12-10-,14-13-,33-31?,34-32?.